The van der Waals surface area contributed by atoms with Gasteiger partial charge in [-0.3, -0.25) is 14.2 Å². The van der Waals surface area contributed by atoms with Crippen LogP contribution in [0.15, 0.2) is 47.3 Å². The summed E-state index contributed by atoms with van der Waals surface area (Å²) in [6.07, 6.45) is 0.809. The van der Waals surface area contributed by atoms with E-state index in [2.05, 4.69) is 6.07 Å². The maximum atomic E-state index is 13.4. The van der Waals surface area contributed by atoms with E-state index in [0.29, 0.717) is 36.1 Å². The Morgan fingerprint density at radius 1 is 1.13 bits per heavy atom. The van der Waals surface area contributed by atoms with Gasteiger partial charge < -0.3 is 10.0 Å². The molecule has 2 aromatic carbocycles. The summed E-state index contributed by atoms with van der Waals surface area (Å²) in [4.78, 5) is 33.1. The van der Waals surface area contributed by atoms with Gasteiger partial charge >= 0.3 is 0 Å². The minimum atomic E-state index is -0.379. The van der Waals surface area contributed by atoms with Crippen LogP contribution in [0.4, 0.5) is 5.69 Å². The van der Waals surface area contributed by atoms with E-state index in [1.165, 1.54) is 0 Å². The highest BCUT2D eigenvalue weighted by atomic mass is 16.3. The third-order valence-electron chi connectivity index (χ3n) is 5.74. The molecule has 1 aliphatic heterocycles. The lowest BCUT2D eigenvalue weighted by molar-refractivity contribution is -0.119. The van der Waals surface area contributed by atoms with Gasteiger partial charge in [-0.15, -0.1) is 0 Å². The fourth-order valence-electron chi connectivity index (χ4n) is 4.33. The van der Waals surface area contributed by atoms with Gasteiger partial charge in [-0.2, -0.15) is 0 Å². The van der Waals surface area contributed by atoms with Crippen LogP contribution in [0.1, 0.15) is 43.1 Å². The Labute approximate surface area is 175 Å². The third kappa shape index (κ3) is 3.41. The number of para-hydroxylation sites is 1. The van der Waals surface area contributed by atoms with Crippen LogP contribution in [0.5, 0.6) is 0 Å². The molecule has 0 saturated heterocycles. The molecule has 156 valence electrons. The average Bonchev–Trinajstić information content (AvgIpc) is 2.99. The molecule has 0 aliphatic carbocycles. The number of rotatable bonds is 6. The zero-order valence-electron chi connectivity index (χ0n) is 17.6. The van der Waals surface area contributed by atoms with E-state index in [0.717, 1.165) is 16.8 Å². The lowest BCUT2D eigenvalue weighted by atomic mass is 9.95. The number of amides is 1. The van der Waals surface area contributed by atoms with E-state index < -0.39 is 0 Å². The van der Waals surface area contributed by atoms with Crippen molar-refractivity contribution in [3.63, 3.8) is 0 Å². The maximum Gasteiger partial charge on any atom is 0.261 e. The zero-order valence-corrected chi connectivity index (χ0v) is 17.6. The monoisotopic (exact) mass is 405 g/mol. The van der Waals surface area contributed by atoms with Crippen molar-refractivity contribution in [1.82, 2.24) is 9.55 Å². The summed E-state index contributed by atoms with van der Waals surface area (Å²) in [6, 6.07) is 13.4. The lowest BCUT2D eigenvalue weighted by Gasteiger charge is -2.22. The smallest absolute Gasteiger partial charge is 0.261 e. The number of benzene rings is 2. The topological polar surface area (TPSA) is 75.4 Å². The number of hydrogen-bond acceptors (Lipinski definition) is 4. The number of aliphatic hydroxyl groups excluding tert-OH is 1. The molecule has 0 fully saturated rings. The molecule has 30 heavy (non-hydrogen) atoms. The molecule has 1 aromatic heterocycles. The maximum absolute atomic E-state index is 13.4. The SMILES string of the molecule is Cc1ccc2c(c1)C(Cc1nc3ccccc3c(=O)n1CCCO)C(=O)N2C(C)C. The Morgan fingerprint density at radius 2 is 1.90 bits per heavy atom. The molecular weight excluding hydrogens is 378 g/mol. The van der Waals surface area contributed by atoms with E-state index in [-0.39, 0.29) is 30.0 Å². The van der Waals surface area contributed by atoms with Crippen LogP contribution in [0.25, 0.3) is 10.9 Å². The molecule has 0 spiro atoms. The van der Waals surface area contributed by atoms with Crippen LogP contribution in [-0.2, 0) is 17.8 Å². The standard InChI is InChI=1S/C24H27N3O3/c1-15(2)27-21-10-9-16(3)13-18(21)19(24(27)30)14-22-25-20-8-5-4-7-17(20)23(29)26(22)11-6-12-28/h4-5,7-10,13,15,19,28H,6,11-12,14H2,1-3H3. The second-order valence-electron chi connectivity index (χ2n) is 8.20. The predicted molar refractivity (Wildman–Crippen MR) is 118 cm³/mol. The molecule has 1 amide bonds. The summed E-state index contributed by atoms with van der Waals surface area (Å²) in [7, 11) is 0. The van der Waals surface area contributed by atoms with Gasteiger partial charge in [0.05, 0.1) is 16.8 Å². The second kappa shape index (κ2) is 8.03. The van der Waals surface area contributed by atoms with Gasteiger partial charge in [0.25, 0.3) is 5.56 Å². The molecule has 1 N–H and O–H groups in total. The van der Waals surface area contributed by atoms with Gasteiger partial charge in [-0.25, -0.2) is 4.98 Å². The van der Waals surface area contributed by atoms with Gasteiger partial charge in [0.2, 0.25) is 5.91 Å². The first-order chi connectivity index (χ1) is 14.4. The van der Waals surface area contributed by atoms with E-state index >= 15 is 0 Å². The van der Waals surface area contributed by atoms with Gasteiger partial charge in [-0.1, -0.05) is 29.8 Å². The fourth-order valence-corrected chi connectivity index (χ4v) is 4.33. The number of aliphatic hydroxyl groups is 1. The summed E-state index contributed by atoms with van der Waals surface area (Å²) < 4.78 is 1.62. The molecule has 1 atom stereocenters. The fraction of sp³-hybridized carbons (Fsp3) is 0.375. The Balaban J connectivity index is 1.83. The second-order valence-corrected chi connectivity index (χ2v) is 8.20. The number of carbonyl (C=O) groups excluding carboxylic acids is 1. The number of anilines is 1. The van der Waals surface area contributed by atoms with Crippen molar-refractivity contribution in [1.29, 1.82) is 0 Å². The minimum Gasteiger partial charge on any atom is -0.396 e. The molecule has 1 aliphatic rings. The van der Waals surface area contributed by atoms with Gasteiger partial charge in [0.15, 0.2) is 0 Å². The Morgan fingerprint density at radius 3 is 2.63 bits per heavy atom. The highest BCUT2D eigenvalue weighted by molar-refractivity contribution is 6.05. The first kappa shape index (κ1) is 20.3. The first-order valence-corrected chi connectivity index (χ1v) is 10.4. The Kier molecular flexibility index (Phi) is 5.43. The van der Waals surface area contributed by atoms with Crippen LogP contribution in [-0.4, -0.2) is 33.2 Å². The van der Waals surface area contributed by atoms with Crippen molar-refractivity contribution in [2.24, 2.45) is 0 Å². The van der Waals surface area contributed by atoms with E-state index in [9.17, 15) is 14.7 Å². The quantitative estimate of drug-likeness (QED) is 0.684. The largest absolute Gasteiger partial charge is 0.396 e. The van der Waals surface area contributed by atoms with Crippen LogP contribution in [0.3, 0.4) is 0 Å². The van der Waals surface area contributed by atoms with Gasteiger partial charge in [-0.05, 0) is 51.0 Å². The minimum absolute atomic E-state index is 0.00970. The number of nitrogens with zero attached hydrogens (tertiary/aromatic N) is 3. The summed E-state index contributed by atoms with van der Waals surface area (Å²) in [5.41, 5.74) is 3.54. The Hall–Kier alpha value is -2.99. The lowest BCUT2D eigenvalue weighted by Crippen LogP contribution is -2.36. The van der Waals surface area contributed by atoms with E-state index in [1.54, 1.807) is 10.6 Å². The molecule has 6 heteroatoms. The molecule has 1 unspecified atom stereocenters. The highest BCUT2D eigenvalue weighted by Crippen LogP contribution is 2.40. The summed E-state index contributed by atoms with van der Waals surface area (Å²) >= 11 is 0. The predicted octanol–water partition coefficient (Wildman–Crippen LogP) is 3.17. The Bertz CT molecular complexity index is 1170. The zero-order chi connectivity index (χ0) is 21.4. The third-order valence-corrected chi connectivity index (χ3v) is 5.74. The summed E-state index contributed by atoms with van der Waals surface area (Å²) in [5.74, 6) is 0.251. The summed E-state index contributed by atoms with van der Waals surface area (Å²) in [5, 5.41) is 9.86. The molecule has 2 heterocycles. The van der Waals surface area contributed by atoms with Crippen molar-refractivity contribution in [2.45, 2.75) is 52.1 Å². The average molecular weight is 405 g/mol. The van der Waals surface area contributed by atoms with Crippen LogP contribution < -0.4 is 10.5 Å². The van der Waals surface area contributed by atoms with Crippen molar-refractivity contribution >= 4 is 22.5 Å². The van der Waals surface area contributed by atoms with E-state index in [4.69, 9.17) is 4.98 Å². The number of hydrogen-bond donors (Lipinski definition) is 1. The molecule has 3 aromatic rings. The number of aryl methyl sites for hydroxylation is 1. The molecule has 0 saturated carbocycles. The van der Waals surface area contributed by atoms with E-state index in [1.807, 2.05) is 56.0 Å². The van der Waals surface area contributed by atoms with Crippen molar-refractivity contribution in [3.05, 3.63) is 69.8 Å². The molecular formula is C24H27N3O3. The molecule has 0 bridgehead atoms. The van der Waals surface area contributed by atoms with Crippen LogP contribution in [0.2, 0.25) is 0 Å². The highest BCUT2D eigenvalue weighted by Gasteiger charge is 2.39. The number of fused-ring (bicyclic) bond motifs is 2. The normalized spacial score (nSPS) is 16.0. The molecule has 6 nitrogen and oxygen atoms in total. The van der Waals surface area contributed by atoms with Crippen molar-refractivity contribution < 1.29 is 9.90 Å². The van der Waals surface area contributed by atoms with Gasteiger partial charge in [0, 0.05) is 31.3 Å². The van der Waals surface area contributed by atoms with Crippen LogP contribution in [0, 0.1) is 6.92 Å². The van der Waals surface area contributed by atoms with Crippen molar-refractivity contribution in [2.75, 3.05) is 11.5 Å². The van der Waals surface area contributed by atoms with Gasteiger partial charge in [0.1, 0.15) is 5.82 Å². The molecule has 0 radical (unpaired) electrons. The van der Waals surface area contributed by atoms with Crippen molar-refractivity contribution in [3.8, 4) is 0 Å². The number of carbonyl (C=O) groups is 1. The summed E-state index contributed by atoms with van der Waals surface area (Å²) in [6.45, 7) is 6.40. The molecule has 4 rings (SSSR count). The van der Waals surface area contributed by atoms with Crippen LogP contribution >= 0.6 is 0 Å². The number of aromatic nitrogens is 2. The first-order valence-electron chi connectivity index (χ1n) is 10.4.